The van der Waals surface area contributed by atoms with Crippen LogP contribution in [0.25, 0.3) is 20.8 Å². The number of hydrogen-bond donors (Lipinski definition) is 0. The second-order valence-corrected chi connectivity index (χ2v) is 11.3. The summed E-state index contributed by atoms with van der Waals surface area (Å²) in [4.78, 5) is 48.0. The number of fused-ring (bicyclic) bond motifs is 1. The molecule has 1 saturated carbocycles. The van der Waals surface area contributed by atoms with Gasteiger partial charge in [-0.15, -0.1) is 11.3 Å². The van der Waals surface area contributed by atoms with E-state index in [0.29, 0.717) is 5.69 Å². The van der Waals surface area contributed by atoms with Crippen LogP contribution in [0, 0.1) is 12.7 Å². The summed E-state index contributed by atoms with van der Waals surface area (Å²) in [6.07, 6.45) is 4.26. The SMILES string of the molecule is Cc1ccc2nc(-c3ccc(N4C(=O)CC(N(C(=O)c5ccccc5F)C5CCCCC5)C4=O)cc3)sc2c1. The van der Waals surface area contributed by atoms with Crippen molar-refractivity contribution in [3.05, 3.63) is 83.7 Å². The smallest absolute Gasteiger partial charge is 0.257 e. The van der Waals surface area contributed by atoms with Gasteiger partial charge in [-0.05, 0) is 73.9 Å². The van der Waals surface area contributed by atoms with Crippen LogP contribution < -0.4 is 4.90 Å². The Hall–Kier alpha value is -3.91. The van der Waals surface area contributed by atoms with Crippen molar-refractivity contribution in [2.75, 3.05) is 4.90 Å². The Morgan fingerprint density at radius 1 is 1.00 bits per heavy atom. The number of halogens is 1. The number of anilines is 1. The van der Waals surface area contributed by atoms with Crippen LogP contribution in [0.5, 0.6) is 0 Å². The van der Waals surface area contributed by atoms with Crippen LogP contribution in [0.1, 0.15) is 54.4 Å². The lowest BCUT2D eigenvalue weighted by molar-refractivity contribution is -0.123. The van der Waals surface area contributed by atoms with Crippen molar-refractivity contribution in [3.63, 3.8) is 0 Å². The molecule has 6 nitrogen and oxygen atoms in total. The van der Waals surface area contributed by atoms with Gasteiger partial charge < -0.3 is 4.90 Å². The molecule has 3 aromatic carbocycles. The molecule has 0 spiro atoms. The zero-order valence-electron chi connectivity index (χ0n) is 21.6. The van der Waals surface area contributed by atoms with Crippen molar-refractivity contribution in [1.29, 1.82) is 0 Å². The van der Waals surface area contributed by atoms with Gasteiger partial charge in [0.1, 0.15) is 16.9 Å². The molecule has 2 fully saturated rings. The molecule has 1 saturated heterocycles. The van der Waals surface area contributed by atoms with Crippen molar-refractivity contribution in [3.8, 4) is 10.6 Å². The minimum Gasteiger partial charge on any atom is -0.323 e. The lowest BCUT2D eigenvalue weighted by Crippen LogP contribution is -2.51. The standard InChI is InChI=1S/C31H28FN3O3S/c1-19-11-16-25-27(17-19)39-29(33-25)20-12-14-22(15-13-20)35-28(36)18-26(31(35)38)34(21-7-3-2-4-8-21)30(37)23-9-5-6-10-24(23)32/h5-6,9-17,21,26H,2-4,7-8,18H2,1H3. The molecule has 0 N–H and O–H groups in total. The number of aryl methyl sites for hydroxylation is 1. The third-order valence-electron chi connectivity index (χ3n) is 7.68. The first kappa shape index (κ1) is 25.4. The second kappa shape index (κ2) is 10.3. The lowest BCUT2D eigenvalue weighted by Gasteiger charge is -2.37. The van der Waals surface area contributed by atoms with Gasteiger partial charge in [0, 0.05) is 11.6 Å². The Morgan fingerprint density at radius 2 is 1.74 bits per heavy atom. The quantitative estimate of drug-likeness (QED) is 0.270. The fraction of sp³-hybridized carbons (Fsp3) is 0.290. The van der Waals surface area contributed by atoms with Crippen LogP contribution >= 0.6 is 11.3 Å². The number of aromatic nitrogens is 1. The van der Waals surface area contributed by atoms with Gasteiger partial charge in [-0.1, -0.05) is 37.5 Å². The van der Waals surface area contributed by atoms with E-state index in [1.54, 1.807) is 29.5 Å². The summed E-state index contributed by atoms with van der Waals surface area (Å²) < 4.78 is 15.7. The van der Waals surface area contributed by atoms with E-state index in [0.717, 1.165) is 52.9 Å². The zero-order chi connectivity index (χ0) is 27.1. The monoisotopic (exact) mass is 541 g/mol. The first-order valence-electron chi connectivity index (χ1n) is 13.3. The molecule has 1 atom stereocenters. The maximum Gasteiger partial charge on any atom is 0.257 e. The van der Waals surface area contributed by atoms with Crippen LogP contribution in [0.15, 0.2) is 66.7 Å². The van der Waals surface area contributed by atoms with Crippen molar-refractivity contribution in [2.24, 2.45) is 0 Å². The average Bonchev–Trinajstić information content (AvgIpc) is 3.49. The summed E-state index contributed by atoms with van der Waals surface area (Å²) in [6.45, 7) is 2.05. The van der Waals surface area contributed by atoms with Crippen LogP contribution in [-0.2, 0) is 9.59 Å². The Bertz CT molecular complexity index is 1580. The Morgan fingerprint density at radius 3 is 2.49 bits per heavy atom. The molecule has 4 aromatic rings. The molecule has 6 rings (SSSR count). The Kier molecular flexibility index (Phi) is 6.73. The van der Waals surface area contributed by atoms with Crippen LogP contribution in [0.4, 0.5) is 10.1 Å². The Labute approximate surface area is 230 Å². The molecule has 2 heterocycles. The molecule has 3 amide bonds. The maximum atomic E-state index is 14.6. The highest BCUT2D eigenvalue weighted by Crippen LogP contribution is 2.35. The average molecular weight is 542 g/mol. The molecule has 1 unspecified atom stereocenters. The number of thiazole rings is 1. The van der Waals surface area contributed by atoms with Crippen LogP contribution in [0.2, 0.25) is 0 Å². The van der Waals surface area contributed by atoms with Crippen molar-refractivity contribution < 1.29 is 18.8 Å². The van der Waals surface area contributed by atoms with E-state index in [2.05, 4.69) is 6.07 Å². The van der Waals surface area contributed by atoms with Crippen molar-refractivity contribution in [2.45, 2.75) is 57.5 Å². The highest BCUT2D eigenvalue weighted by atomic mass is 32.1. The van der Waals surface area contributed by atoms with E-state index >= 15 is 0 Å². The highest BCUT2D eigenvalue weighted by Gasteiger charge is 2.47. The number of amides is 3. The van der Waals surface area contributed by atoms with Gasteiger partial charge >= 0.3 is 0 Å². The number of nitrogens with zero attached hydrogens (tertiary/aromatic N) is 3. The van der Waals surface area contributed by atoms with Crippen LogP contribution in [-0.4, -0.2) is 39.7 Å². The van der Waals surface area contributed by atoms with Gasteiger partial charge in [-0.3, -0.25) is 14.4 Å². The fourth-order valence-corrected chi connectivity index (χ4v) is 6.78. The van der Waals surface area contributed by atoms with Crippen LogP contribution in [0.3, 0.4) is 0 Å². The van der Waals surface area contributed by atoms with E-state index in [9.17, 15) is 18.8 Å². The predicted octanol–water partition coefficient (Wildman–Crippen LogP) is 6.52. The molecule has 1 aromatic heterocycles. The van der Waals surface area contributed by atoms with E-state index in [4.69, 9.17) is 4.98 Å². The molecule has 39 heavy (non-hydrogen) atoms. The third kappa shape index (κ3) is 4.74. The number of benzene rings is 3. The van der Waals surface area contributed by atoms with E-state index in [1.165, 1.54) is 33.6 Å². The molecule has 198 valence electrons. The molecule has 8 heteroatoms. The molecular weight excluding hydrogens is 513 g/mol. The van der Waals surface area contributed by atoms with Gasteiger partial charge in [0.2, 0.25) is 5.91 Å². The van der Waals surface area contributed by atoms with Crippen molar-refractivity contribution >= 4 is 45.0 Å². The summed E-state index contributed by atoms with van der Waals surface area (Å²) in [5.41, 5.74) is 3.38. The Balaban J connectivity index is 1.29. The van der Waals surface area contributed by atoms with E-state index < -0.39 is 23.7 Å². The normalized spacial score (nSPS) is 18.2. The third-order valence-corrected chi connectivity index (χ3v) is 8.75. The van der Waals surface area contributed by atoms with Gasteiger partial charge in [-0.2, -0.15) is 0 Å². The number of carbonyl (C=O) groups is 3. The first-order valence-corrected chi connectivity index (χ1v) is 14.1. The summed E-state index contributed by atoms with van der Waals surface area (Å²) in [6, 6.07) is 18.0. The second-order valence-electron chi connectivity index (χ2n) is 10.3. The van der Waals surface area contributed by atoms with Gasteiger partial charge in [0.15, 0.2) is 0 Å². The fourth-order valence-electron chi connectivity index (χ4n) is 5.71. The largest absolute Gasteiger partial charge is 0.323 e. The number of carbonyl (C=O) groups excluding carboxylic acids is 3. The molecule has 1 aliphatic heterocycles. The van der Waals surface area contributed by atoms with E-state index in [1.807, 2.05) is 31.2 Å². The molecule has 2 aliphatic rings. The maximum absolute atomic E-state index is 14.6. The van der Waals surface area contributed by atoms with E-state index in [-0.39, 0.29) is 23.9 Å². The molecule has 0 radical (unpaired) electrons. The van der Waals surface area contributed by atoms with Crippen molar-refractivity contribution in [1.82, 2.24) is 9.88 Å². The summed E-state index contributed by atoms with van der Waals surface area (Å²) in [5.74, 6) is -1.97. The summed E-state index contributed by atoms with van der Waals surface area (Å²) in [5, 5.41) is 0.859. The molecule has 1 aliphatic carbocycles. The lowest BCUT2D eigenvalue weighted by atomic mass is 9.92. The molecular formula is C31H28FN3O3S. The summed E-state index contributed by atoms with van der Waals surface area (Å²) >= 11 is 1.59. The zero-order valence-corrected chi connectivity index (χ0v) is 22.4. The van der Waals surface area contributed by atoms with Gasteiger partial charge in [0.25, 0.3) is 11.8 Å². The molecule has 0 bridgehead atoms. The number of imide groups is 1. The predicted molar refractivity (Wildman–Crippen MR) is 150 cm³/mol. The highest BCUT2D eigenvalue weighted by molar-refractivity contribution is 7.21. The topological polar surface area (TPSA) is 70.6 Å². The summed E-state index contributed by atoms with van der Waals surface area (Å²) in [7, 11) is 0. The minimum atomic E-state index is -0.958. The minimum absolute atomic E-state index is 0.0721. The first-order chi connectivity index (χ1) is 18.9. The number of rotatable bonds is 5. The van der Waals surface area contributed by atoms with Gasteiger partial charge in [-0.25, -0.2) is 14.3 Å². The van der Waals surface area contributed by atoms with Gasteiger partial charge in [0.05, 0.1) is 27.9 Å². The number of hydrogen-bond acceptors (Lipinski definition) is 5.